The minimum atomic E-state index is 0.0918. The molecule has 3 nitrogen and oxygen atoms in total. The van der Waals surface area contributed by atoms with Crippen LogP contribution in [0, 0.1) is 0 Å². The number of carbonyl (C=O) groups is 1. The summed E-state index contributed by atoms with van der Waals surface area (Å²) in [5.41, 5.74) is 3.87. The van der Waals surface area contributed by atoms with Gasteiger partial charge in [-0.15, -0.1) is 0 Å². The van der Waals surface area contributed by atoms with E-state index in [2.05, 4.69) is 50.4 Å². The zero-order valence-electron chi connectivity index (χ0n) is 15.8. The topological polar surface area (TPSA) is 38.3 Å². The molecule has 0 heterocycles. The van der Waals surface area contributed by atoms with Crippen LogP contribution in [0.15, 0.2) is 48.5 Å². The number of carbonyl (C=O) groups excluding carboxylic acids is 1. The first-order valence-corrected chi connectivity index (χ1v) is 8.87. The van der Waals surface area contributed by atoms with Gasteiger partial charge in [0.1, 0.15) is 5.75 Å². The Morgan fingerprint density at radius 2 is 1.72 bits per heavy atom. The van der Waals surface area contributed by atoms with Crippen LogP contribution in [-0.4, -0.2) is 19.6 Å². The highest BCUT2D eigenvalue weighted by atomic mass is 16.5. The largest absolute Gasteiger partial charge is 0.497 e. The predicted octanol–water partition coefficient (Wildman–Crippen LogP) is 4.28. The lowest BCUT2D eigenvalue weighted by Gasteiger charge is -2.19. The molecule has 3 heteroatoms. The zero-order valence-corrected chi connectivity index (χ0v) is 15.8. The van der Waals surface area contributed by atoms with Gasteiger partial charge in [0.25, 0.3) is 0 Å². The molecule has 2 aromatic carbocycles. The van der Waals surface area contributed by atoms with E-state index in [1.807, 2.05) is 24.3 Å². The summed E-state index contributed by atoms with van der Waals surface area (Å²) in [5.74, 6) is 0.922. The smallest absolute Gasteiger partial charge is 0.220 e. The molecule has 0 aromatic heterocycles. The van der Waals surface area contributed by atoms with Crippen molar-refractivity contribution in [1.29, 1.82) is 0 Å². The van der Waals surface area contributed by atoms with Crippen LogP contribution in [0.5, 0.6) is 5.75 Å². The van der Waals surface area contributed by atoms with Crippen molar-refractivity contribution in [2.75, 3.05) is 13.7 Å². The van der Waals surface area contributed by atoms with Gasteiger partial charge in [-0.2, -0.15) is 0 Å². The number of benzene rings is 2. The minimum absolute atomic E-state index is 0.0918. The van der Waals surface area contributed by atoms with Crippen LogP contribution in [-0.2, 0) is 23.1 Å². The fourth-order valence-corrected chi connectivity index (χ4v) is 2.69. The number of aryl methyl sites for hydroxylation is 1. The number of hydrogen-bond acceptors (Lipinski definition) is 2. The Morgan fingerprint density at radius 3 is 2.36 bits per heavy atom. The Morgan fingerprint density at radius 1 is 1.00 bits per heavy atom. The van der Waals surface area contributed by atoms with Crippen LogP contribution >= 0.6 is 0 Å². The van der Waals surface area contributed by atoms with Gasteiger partial charge >= 0.3 is 0 Å². The Kier molecular flexibility index (Phi) is 6.63. The number of amides is 1. The van der Waals surface area contributed by atoms with Crippen molar-refractivity contribution >= 4 is 5.91 Å². The standard InChI is InChI=1S/C22H29NO2/c1-22(2,3)19-11-8-17(9-12-19)14-15-23-21(24)13-10-18-6-5-7-20(16-18)25-4/h5-9,11-12,16H,10,13-15H2,1-4H3,(H,23,24). The van der Waals surface area contributed by atoms with Crippen LogP contribution in [0.3, 0.4) is 0 Å². The SMILES string of the molecule is COc1cccc(CCC(=O)NCCc2ccc(C(C)(C)C)cc2)c1. The third-order valence-electron chi connectivity index (χ3n) is 4.33. The predicted molar refractivity (Wildman–Crippen MR) is 103 cm³/mol. The Bertz CT molecular complexity index is 684. The quantitative estimate of drug-likeness (QED) is 0.817. The number of nitrogens with one attached hydrogen (secondary N) is 1. The zero-order chi connectivity index (χ0) is 18.3. The first kappa shape index (κ1) is 19.0. The van der Waals surface area contributed by atoms with Gasteiger partial charge in [0, 0.05) is 13.0 Å². The summed E-state index contributed by atoms with van der Waals surface area (Å²) in [6.07, 6.45) is 2.08. The molecule has 134 valence electrons. The maximum atomic E-state index is 12.0. The third kappa shape index (κ3) is 6.26. The van der Waals surface area contributed by atoms with E-state index in [1.54, 1.807) is 7.11 Å². The number of ether oxygens (including phenoxy) is 1. The Labute approximate surface area is 151 Å². The molecule has 1 N–H and O–H groups in total. The molecule has 25 heavy (non-hydrogen) atoms. The molecule has 0 saturated heterocycles. The van der Waals surface area contributed by atoms with Crippen molar-refractivity contribution in [2.24, 2.45) is 0 Å². The summed E-state index contributed by atoms with van der Waals surface area (Å²) in [7, 11) is 1.65. The molecule has 0 unspecified atom stereocenters. The molecule has 0 spiro atoms. The average Bonchev–Trinajstić information content (AvgIpc) is 2.60. The summed E-state index contributed by atoms with van der Waals surface area (Å²) in [5, 5.41) is 3.00. The highest BCUT2D eigenvalue weighted by Crippen LogP contribution is 2.22. The molecule has 0 fully saturated rings. The van der Waals surface area contributed by atoms with Crippen molar-refractivity contribution in [3.05, 3.63) is 65.2 Å². The van der Waals surface area contributed by atoms with Gasteiger partial charge in [0.2, 0.25) is 5.91 Å². The summed E-state index contributed by atoms with van der Waals surface area (Å²) in [6.45, 7) is 7.31. The van der Waals surface area contributed by atoms with E-state index in [0.717, 1.165) is 24.2 Å². The molecule has 0 bridgehead atoms. The van der Waals surface area contributed by atoms with Gasteiger partial charge in [-0.25, -0.2) is 0 Å². The molecule has 0 saturated carbocycles. The van der Waals surface area contributed by atoms with E-state index in [0.29, 0.717) is 13.0 Å². The molecule has 0 atom stereocenters. The molecule has 0 radical (unpaired) electrons. The van der Waals surface area contributed by atoms with Crippen LogP contribution < -0.4 is 10.1 Å². The molecule has 1 amide bonds. The third-order valence-corrected chi connectivity index (χ3v) is 4.33. The maximum absolute atomic E-state index is 12.0. The summed E-state index contributed by atoms with van der Waals surface area (Å²) >= 11 is 0. The van der Waals surface area contributed by atoms with Gasteiger partial charge in [0.15, 0.2) is 0 Å². The van der Waals surface area contributed by atoms with Gasteiger partial charge < -0.3 is 10.1 Å². The van der Waals surface area contributed by atoms with Crippen molar-refractivity contribution in [3.63, 3.8) is 0 Å². The van der Waals surface area contributed by atoms with Gasteiger partial charge in [-0.3, -0.25) is 4.79 Å². The van der Waals surface area contributed by atoms with E-state index in [9.17, 15) is 4.79 Å². The number of rotatable bonds is 7. The minimum Gasteiger partial charge on any atom is -0.497 e. The van der Waals surface area contributed by atoms with E-state index < -0.39 is 0 Å². The van der Waals surface area contributed by atoms with Crippen molar-refractivity contribution in [1.82, 2.24) is 5.32 Å². The van der Waals surface area contributed by atoms with E-state index >= 15 is 0 Å². The molecule has 0 aliphatic heterocycles. The fraction of sp³-hybridized carbons (Fsp3) is 0.409. The maximum Gasteiger partial charge on any atom is 0.220 e. The summed E-state index contributed by atoms with van der Waals surface area (Å²) in [6, 6.07) is 16.5. The van der Waals surface area contributed by atoms with Gasteiger partial charge in [-0.05, 0) is 47.1 Å². The molecule has 2 aromatic rings. The first-order chi connectivity index (χ1) is 11.9. The lowest BCUT2D eigenvalue weighted by Crippen LogP contribution is -2.25. The van der Waals surface area contributed by atoms with Crippen LogP contribution in [0.1, 0.15) is 43.9 Å². The van der Waals surface area contributed by atoms with Crippen molar-refractivity contribution < 1.29 is 9.53 Å². The Balaban J connectivity index is 1.73. The second-order valence-corrected chi connectivity index (χ2v) is 7.40. The molecular weight excluding hydrogens is 310 g/mol. The number of methoxy groups -OCH3 is 1. The van der Waals surface area contributed by atoms with Crippen molar-refractivity contribution in [3.8, 4) is 5.75 Å². The van der Waals surface area contributed by atoms with E-state index in [-0.39, 0.29) is 11.3 Å². The van der Waals surface area contributed by atoms with Gasteiger partial charge in [0.05, 0.1) is 7.11 Å². The van der Waals surface area contributed by atoms with E-state index in [1.165, 1.54) is 11.1 Å². The molecular formula is C22H29NO2. The second kappa shape index (κ2) is 8.70. The van der Waals surface area contributed by atoms with Gasteiger partial charge in [-0.1, -0.05) is 57.2 Å². The Hall–Kier alpha value is -2.29. The van der Waals surface area contributed by atoms with Crippen molar-refractivity contribution in [2.45, 2.75) is 45.4 Å². The molecule has 0 aliphatic rings. The van der Waals surface area contributed by atoms with Crippen LogP contribution in [0.25, 0.3) is 0 Å². The first-order valence-electron chi connectivity index (χ1n) is 8.87. The number of hydrogen-bond donors (Lipinski definition) is 1. The van der Waals surface area contributed by atoms with E-state index in [4.69, 9.17) is 4.74 Å². The lowest BCUT2D eigenvalue weighted by molar-refractivity contribution is -0.121. The average molecular weight is 339 g/mol. The second-order valence-electron chi connectivity index (χ2n) is 7.40. The molecule has 2 rings (SSSR count). The summed E-state index contributed by atoms with van der Waals surface area (Å²) < 4.78 is 5.20. The fourth-order valence-electron chi connectivity index (χ4n) is 2.69. The van der Waals surface area contributed by atoms with Crippen LogP contribution in [0.2, 0.25) is 0 Å². The highest BCUT2D eigenvalue weighted by molar-refractivity contribution is 5.76. The normalized spacial score (nSPS) is 11.2. The molecule has 0 aliphatic carbocycles. The monoisotopic (exact) mass is 339 g/mol. The lowest BCUT2D eigenvalue weighted by atomic mass is 9.86. The highest BCUT2D eigenvalue weighted by Gasteiger charge is 2.12. The summed E-state index contributed by atoms with van der Waals surface area (Å²) in [4.78, 5) is 12.0. The van der Waals surface area contributed by atoms with Crippen LogP contribution in [0.4, 0.5) is 0 Å².